The Kier molecular flexibility index (Phi) is 5.36. The zero-order valence-electron chi connectivity index (χ0n) is 10.7. The fourth-order valence-electron chi connectivity index (χ4n) is 1.75. The van der Waals surface area contributed by atoms with E-state index in [0.717, 1.165) is 17.7 Å². The highest BCUT2D eigenvalue weighted by Gasteiger charge is 2.18. The zero-order valence-corrected chi connectivity index (χ0v) is 11.5. The van der Waals surface area contributed by atoms with Crippen molar-refractivity contribution >= 4 is 11.8 Å². The predicted molar refractivity (Wildman–Crippen MR) is 72.2 cm³/mol. The zero-order chi connectivity index (χ0) is 12.1. The highest BCUT2D eigenvalue weighted by molar-refractivity contribution is 7.99. The van der Waals surface area contributed by atoms with Crippen molar-refractivity contribution in [2.45, 2.75) is 51.0 Å². The molecule has 0 radical (unpaired) electrons. The number of benzene rings is 1. The first-order valence-electron chi connectivity index (χ1n) is 6.13. The molecule has 1 atom stereocenters. The van der Waals surface area contributed by atoms with Crippen LogP contribution < -0.4 is 0 Å². The average molecular weight is 238 g/mol. The summed E-state index contributed by atoms with van der Waals surface area (Å²) in [5, 5.41) is 9.78. The van der Waals surface area contributed by atoms with Gasteiger partial charge >= 0.3 is 0 Å². The fourth-order valence-corrected chi connectivity index (χ4v) is 2.90. The molecule has 0 aliphatic carbocycles. The maximum atomic E-state index is 9.78. The quantitative estimate of drug-likeness (QED) is 0.784. The van der Waals surface area contributed by atoms with E-state index in [1.807, 2.05) is 25.6 Å². The van der Waals surface area contributed by atoms with E-state index in [9.17, 15) is 5.11 Å². The third-order valence-corrected chi connectivity index (χ3v) is 3.82. The van der Waals surface area contributed by atoms with Crippen LogP contribution in [0, 0.1) is 0 Å². The van der Waals surface area contributed by atoms with Gasteiger partial charge in [0, 0.05) is 10.6 Å². The van der Waals surface area contributed by atoms with Crippen LogP contribution in [-0.2, 0) is 0 Å². The van der Waals surface area contributed by atoms with Gasteiger partial charge in [-0.1, -0.05) is 39.8 Å². The Labute approximate surface area is 103 Å². The third kappa shape index (κ3) is 3.02. The van der Waals surface area contributed by atoms with E-state index < -0.39 is 0 Å². The topological polar surface area (TPSA) is 20.2 Å². The lowest BCUT2D eigenvalue weighted by molar-refractivity contribution is 0.170. The molecule has 1 N–H and O–H groups in total. The van der Waals surface area contributed by atoms with E-state index in [4.69, 9.17) is 0 Å². The van der Waals surface area contributed by atoms with Crippen LogP contribution in [0.2, 0.25) is 0 Å². The summed E-state index contributed by atoms with van der Waals surface area (Å²) in [6.45, 7) is 8.40. The molecule has 16 heavy (non-hydrogen) atoms. The van der Waals surface area contributed by atoms with E-state index in [1.54, 1.807) is 0 Å². The highest BCUT2D eigenvalue weighted by Crippen LogP contribution is 2.37. The first kappa shape index (κ1) is 13.6. The number of aliphatic hydroxyl groups excluding tert-OH is 1. The average Bonchev–Trinajstić information content (AvgIpc) is 2.31. The number of hydrogen-bond donors (Lipinski definition) is 1. The van der Waals surface area contributed by atoms with Gasteiger partial charge in [0.25, 0.3) is 0 Å². The Morgan fingerprint density at radius 1 is 1.31 bits per heavy atom. The minimum absolute atomic E-state index is 0.243. The molecule has 1 aromatic rings. The van der Waals surface area contributed by atoms with Crippen LogP contribution in [-0.4, -0.2) is 10.9 Å². The van der Waals surface area contributed by atoms with Gasteiger partial charge in [0.2, 0.25) is 0 Å². The summed E-state index contributed by atoms with van der Waals surface area (Å²) in [4.78, 5) is 1.27. The van der Waals surface area contributed by atoms with Crippen molar-refractivity contribution in [2.24, 2.45) is 0 Å². The van der Waals surface area contributed by atoms with E-state index in [1.165, 1.54) is 10.5 Å². The van der Waals surface area contributed by atoms with Crippen LogP contribution in [0.15, 0.2) is 23.1 Å². The van der Waals surface area contributed by atoms with Gasteiger partial charge in [0.05, 0.1) is 6.10 Å². The van der Waals surface area contributed by atoms with E-state index in [0.29, 0.717) is 5.92 Å². The molecule has 0 aromatic heterocycles. The Morgan fingerprint density at radius 2 is 2.00 bits per heavy atom. The lowest BCUT2D eigenvalue weighted by Gasteiger charge is -2.22. The molecule has 0 spiro atoms. The molecule has 2 rings (SSSR count). The smallest absolute Gasteiger partial charge is 0.0808 e. The Hall–Kier alpha value is -0.470. The summed E-state index contributed by atoms with van der Waals surface area (Å²) >= 11 is 1.86. The van der Waals surface area contributed by atoms with Gasteiger partial charge in [-0.3, -0.25) is 0 Å². The summed E-state index contributed by atoms with van der Waals surface area (Å²) in [6.07, 6.45) is 0.645. The normalized spacial score (nSPS) is 18.8. The third-order valence-electron chi connectivity index (χ3n) is 2.71. The number of aliphatic hydroxyl groups is 1. The van der Waals surface area contributed by atoms with Gasteiger partial charge in [-0.25, -0.2) is 0 Å². The standard InChI is InChI=1S/C12H16OS.C2H6/c1-8(2)9-3-4-10-11(13)5-6-14-12(10)7-9;1-2/h3-4,7-8,11,13H,5-6H2,1-2H3;1-2H3. The minimum Gasteiger partial charge on any atom is -0.388 e. The van der Waals surface area contributed by atoms with Gasteiger partial charge in [-0.05, 0) is 29.5 Å². The molecule has 0 saturated heterocycles. The van der Waals surface area contributed by atoms with Crippen LogP contribution >= 0.6 is 11.8 Å². The van der Waals surface area contributed by atoms with Gasteiger partial charge in [-0.2, -0.15) is 0 Å². The largest absolute Gasteiger partial charge is 0.388 e. The van der Waals surface area contributed by atoms with Gasteiger partial charge in [0.1, 0.15) is 0 Å². The van der Waals surface area contributed by atoms with Crippen molar-refractivity contribution in [1.29, 1.82) is 0 Å². The number of fused-ring (bicyclic) bond motifs is 1. The molecule has 90 valence electrons. The van der Waals surface area contributed by atoms with Crippen molar-refractivity contribution < 1.29 is 5.11 Å². The number of thioether (sulfide) groups is 1. The van der Waals surface area contributed by atoms with Crippen LogP contribution in [0.3, 0.4) is 0 Å². The molecule has 0 amide bonds. The summed E-state index contributed by atoms with van der Waals surface area (Å²) in [6, 6.07) is 6.45. The lowest BCUT2D eigenvalue weighted by Crippen LogP contribution is -2.06. The van der Waals surface area contributed by atoms with E-state index in [-0.39, 0.29) is 6.10 Å². The van der Waals surface area contributed by atoms with Crippen LogP contribution in [0.1, 0.15) is 57.3 Å². The second-order valence-corrected chi connectivity index (χ2v) is 5.24. The number of hydrogen-bond acceptors (Lipinski definition) is 2. The SMILES string of the molecule is CC.CC(C)c1ccc2c(c1)SCCC2O. The molecule has 0 fully saturated rings. The lowest BCUT2D eigenvalue weighted by atomic mass is 9.99. The molecule has 1 aliphatic rings. The van der Waals surface area contributed by atoms with Crippen molar-refractivity contribution in [3.8, 4) is 0 Å². The van der Waals surface area contributed by atoms with Crippen molar-refractivity contribution in [1.82, 2.24) is 0 Å². The van der Waals surface area contributed by atoms with Gasteiger partial charge in [-0.15, -0.1) is 11.8 Å². The molecule has 2 heteroatoms. The molecular weight excluding hydrogens is 216 g/mol. The monoisotopic (exact) mass is 238 g/mol. The Balaban J connectivity index is 0.000000606. The second-order valence-electron chi connectivity index (χ2n) is 4.10. The summed E-state index contributed by atoms with van der Waals surface area (Å²) in [7, 11) is 0. The summed E-state index contributed by atoms with van der Waals surface area (Å²) < 4.78 is 0. The highest BCUT2D eigenvalue weighted by atomic mass is 32.2. The van der Waals surface area contributed by atoms with Crippen molar-refractivity contribution in [3.05, 3.63) is 29.3 Å². The summed E-state index contributed by atoms with van der Waals surface area (Å²) in [5.41, 5.74) is 2.48. The maximum absolute atomic E-state index is 9.78. The van der Waals surface area contributed by atoms with E-state index in [2.05, 4.69) is 32.0 Å². The minimum atomic E-state index is -0.243. The number of rotatable bonds is 1. The van der Waals surface area contributed by atoms with Crippen molar-refractivity contribution in [3.63, 3.8) is 0 Å². The molecule has 0 bridgehead atoms. The Bertz CT molecular complexity index is 334. The fraction of sp³-hybridized carbons (Fsp3) is 0.571. The molecule has 1 unspecified atom stereocenters. The van der Waals surface area contributed by atoms with Gasteiger partial charge < -0.3 is 5.11 Å². The molecule has 1 aliphatic heterocycles. The molecule has 1 aromatic carbocycles. The van der Waals surface area contributed by atoms with E-state index >= 15 is 0 Å². The van der Waals surface area contributed by atoms with Crippen LogP contribution in [0.4, 0.5) is 0 Å². The predicted octanol–water partition coefficient (Wildman–Crippen LogP) is 4.37. The Morgan fingerprint density at radius 3 is 2.62 bits per heavy atom. The van der Waals surface area contributed by atoms with Crippen LogP contribution in [0.25, 0.3) is 0 Å². The molecule has 0 saturated carbocycles. The first-order chi connectivity index (χ1) is 7.68. The first-order valence-corrected chi connectivity index (χ1v) is 7.11. The second kappa shape index (κ2) is 6.31. The molecule has 1 nitrogen and oxygen atoms in total. The van der Waals surface area contributed by atoms with Crippen LogP contribution in [0.5, 0.6) is 0 Å². The molecular formula is C14H22OS. The maximum Gasteiger partial charge on any atom is 0.0808 e. The van der Waals surface area contributed by atoms with Crippen molar-refractivity contribution in [2.75, 3.05) is 5.75 Å². The van der Waals surface area contributed by atoms with Gasteiger partial charge in [0.15, 0.2) is 0 Å². The summed E-state index contributed by atoms with van der Waals surface area (Å²) in [5.74, 6) is 1.61. The molecule has 1 heterocycles.